The third-order valence-electron chi connectivity index (χ3n) is 3.50. The minimum atomic E-state index is 0.761. The van der Waals surface area contributed by atoms with Gasteiger partial charge >= 0.3 is 0 Å². The molecule has 0 aliphatic heterocycles. The Kier molecular flexibility index (Phi) is 2.82. The lowest BCUT2D eigenvalue weighted by Gasteiger charge is -2.07. The van der Waals surface area contributed by atoms with Crippen LogP contribution in [0.25, 0.3) is 4.96 Å². The third-order valence-corrected chi connectivity index (χ3v) is 4.26. The molecular formula is C13H17N5S. The van der Waals surface area contributed by atoms with Crippen LogP contribution in [0.5, 0.6) is 0 Å². The van der Waals surface area contributed by atoms with Crippen LogP contribution in [0.15, 0.2) is 11.6 Å². The maximum atomic E-state index is 4.56. The number of nitrogens with zero attached hydrogens (tertiary/aromatic N) is 4. The van der Waals surface area contributed by atoms with Crippen molar-refractivity contribution >= 4 is 22.0 Å². The van der Waals surface area contributed by atoms with E-state index in [0.29, 0.717) is 0 Å². The molecule has 0 aromatic carbocycles. The molecule has 0 atom stereocenters. The highest BCUT2D eigenvalue weighted by molar-refractivity contribution is 7.15. The van der Waals surface area contributed by atoms with E-state index in [4.69, 9.17) is 0 Å². The molecule has 0 amide bonds. The van der Waals surface area contributed by atoms with Gasteiger partial charge in [0.2, 0.25) is 0 Å². The van der Waals surface area contributed by atoms with Crippen LogP contribution in [0.4, 0.5) is 5.69 Å². The van der Waals surface area contributed by atoms with E-state index < -0.39 is 0 Å². The van der Waals surface area contributed by atoms with E-state index in [1.807, 2.05) is 18.7 Å². The second kappa shape index (κ2) is 4.38. The van der Waals surface area contributed by atoms with Gasteiger partial charge in [0, 0.05) is 18.6 Å². The lowest BCUT2D eigenvalue weighted by atomic mass is 10.3. The summed E-state index contributed by atoms with van der Waals surface area (Å²) in [7, 11) is 1.97. The van der Waals surface area contributed by atoms with E-state index in [0.717, 1.165) is 34.3 Å². The second-order valence-electron chi connectivity index (χ2n) is 4.72. The first-order valence-electron chi connectivity index (χ1n) is 6.23. The number of thiazole rings is 1. The van der Waals surface area contributed by atoms with Crippen molar-refractivity contribution in [1.82, 2.24) is 19.2 Å². The van der Waals surface area contributed by atoms with E-state index in [1.54, 1.807) is 11.3 Å². The number of hydrogen-bond donors (Lipinski definition) is 1. The Morgan fingerprint density at radius 1 is 1.26 bits per heavy atom. The van der Waals surface area contributed by atoms with Crippen LogP contribution < -0.4 is 5.32 Å². The number of anilines is 1. The van der Waals surface area contributed by atoms with E-state index in [2.05, 4.69) is 45.2 Å². The van der Waals surface area contributed by atoms with Gasteiger partial charge in [-0.1, -0.05) is 0 Å². The molecule has 0 unspecified atom stereocenters. The van der Waals surface area contributed by atoms with Crippen molar-refractivity contribution in [2.75, 3.05) is 5.32 Å². The number of hydrogen-bond acceptors (Lipinski definition) is 4. The Morgan fingerprint density at radius 2 is 2.05 bits per heavy atom. The van der Waals surface area contributed by atoms with Crippen molar-refractivity contribution in [3.8, 4) is 0 Å². The summed E-state index contributed by atoms with van der Waals surface area (Å²) in [5.74, 6) is 0. The number of aromatic nitrogens is 4. The SMILES string of the molecule is Cc1nn(C)c(C)c1NCc1c(C)nc2sccn12. The Balaban J connectivity index is 1.90. The zero-order valence-corrected chi connectivity index (χ0v) is 12.4. The van der Waals surface area contributed by atoms with E-state index >= 15 is 0 Å². The Bertz CT molecular complexity index is 734. The summed E-state index contributed by atoms with van der Waals surface area (Å²) in [5.41, 5.74) is 5.59. The largest absolute Gasteiger partial charge is 0.376 e. The van der Waals surface area contributed by atoms with Gasteiger partial charge in [0.25, 0.3) is 0 Å². The summed E-state index contributed by atoms with van der Waals surface area (Å²) in [6.45, 7) is 6.92. The van der Waals surface area contributed by atoms with Crippen molar-refractivity contribution in [2.45, 2.75) is 27.3 Å². The smallest absolute Gasteiger partial charge is 0.194 e. The van der Waals surface area contributed by atoms with E-state index in [9.17, 15) is 0 Å². The van der Waals surface area contributed by atoms with Crippen molar-refractivity contribution in [2.24, 2.45) is 7.05 Å². The van der Waals surface area contributed by atoms with Gasteiger partial charge in [0.15, 0.2) is 4.96 Å². The molecule has 100 valence electrons. The molecule has 0 saturated heterocycles. The van der Waals surface area contributed by atoms with Crippen molar-refractivity contribution in [1.29, 1.82) is 0 Å². The molecule has 0 aliphatic carbocycles. The molecule has 0 spiro atoms. The molecule has 3 heterocycles. The highest BCUT2D eigenvalue weighted by Gasteiger charge is 2.12. The molecular weight excluding hydrogens is 258 g/mol. The first-order chi connectivity index (χ1) is 9.08. The predicted octanol–water partition coefficient (Wildman–Crippen LogP) is 2.67. The van der Waals surface area contributed by atoms with Crippen LogP contribution in [0.3, 0.4) is 0 Å². The van der Waals surface area contributed by atoms with E-state index in [-0.39, 0.29) is 0 Å². The first-order valence-corrected chi connectivity index (χ1v) is 7.11. The Labute approximate surface area is 115 Å². The highest BCUT2D eigenvalue weighted by Crippen LogP contribution is 2.21. The van der Waals surface area contributed by atoms with Crippen LogP contribution in [-0.4, -0.2) is 19.2 Å². The number of fused-ring (bicyclic) bond motifs is 1. The van der Waals surface area contributed by atoms with Crippen LogP contribution >= 0.6 is 11.3 Å². The monoisotopic (exact) mass is 275 g/mol. The van der Waals surface area contributed by atoms with Gasteiger partial charge in [-0.3, -0.25) is 9.08 Å². The van der Waals surface area contributed by atoms with Gasteiger partial charge in [-0.05, 0) is 20.8 Å². The molecule has 5 nitrogen and oxygen atoms in total. The van der Waals surface area contributed by atoms with Crippen molar-refractivity contribution in [3.63, 3.8) is 0 Å². The van der Waals surface area contributed by atoms with Gasteiger partial charge in [-0.25, -0.2) is 4.98 Å². The first kappa shape index (κ1) is 12.2. The maximum absolute atomic E-state index is 4.56. The fourth-order valence-electron chi connectivity index (χ4n) is 2.36. The zero-order valence-electron chi connectivity index (χ0n) is 11.6. The van der Waals surface area contributed by atoms with Crippen LogP contribution in [0.1, 0.15) is 22.8 Å². The summed E-state index contributed by atoms with van der Waals surface area (Å²) >= 11 is 1.66. The average molecular weight is 275 g/mol. The van der Waals surface area contributed by atoms with Gasteiger partial charge in [0.1, 0.15) is 0 Å². The number of imidazole rings is 1. The summed E-state index contributed by atoms with van der Waals surface area (Å²) in [6.07, 6.45) is 2.07. The predicted molar refractivity (Wildman–Crippen MR) is 77.8 cm³/mol. The van der Waals surface area contributed by atoms with Crippen molar-refractivity contribution < 1.29 is 0 Å². The molecule has 6 heteroatoms. The molecule has 19 heavy (non-hydrogen) atoms. The fourth-order valence-corrected chi connectivity index (χ4v) is 3.13. The summed E-state index contributed by atoms with van der Waals surface area (Å²) in [4.78, 5) is 5.61. The molecule has 3 aromatic rings. The standard InChI is InChI=1S/C13H17N5S/c1-8-11(18-5-6-19-13(18)15-8)7-14-12-9(2)16-17(4)10(12)3/h5-6,14H,7H2,1-4H3. The van der Waals surface area contributed by atoms with Gasteiger partial charge in [0.05, 0.1) is 35.0 Å². The molecule has 0 aliphatic rings. The summed E-state index contributed by atoms with van der Waals surface area (Å²) in [6, 6.07) is 0. The number of aryl methyl sites for hydroxylation is 3. The lowest BCUT2D eigenvalue weighted by molar-refractivity contribution is 0.731. The molecule has 3 aromatic heterocycles. The van der Waals surface area contributed by atoms with Gasteiger partial charge in [-0.15, -0.1) is 11.3 Å². The molecule has 0 bridgehead atoms. The van der Waals surface area contributed by atoms with Crippen LogP contribution in [-0.2, 0) is 13.6 Å². The topological polar surface area (TPSA) is 47.2 Å². The minimum absolute atomic E-state index is 0.761. The summed E-state index contributed by atoms with van der Waals surface area (Å²) in [5, 5.41) is 9.97. The Morgan fingerprint density at radius 3 is 2.74 bits per heavy atom. The van der Waals surface area contributed by atoms with Crippen LogP contribution in [0.2, 0.25) is 0 Å². The quantitative estimate of drug-likeness (QED) is 0.799. The van der Waals surface area contributed by atoms with Crippen LogP contribution in [0, 0.1) is 20.8 Å². The number of rotatable bonds is 3. The number of nitrogens with one attached hydrogen (secondary N) is 1. The molecule has 0 fully saturated rings. The summed E-state index contributed by atoms with van der Waals surface area (Å²) < 4.78 is 4.05. The minimum Gasteiger partial charge on any atom is -0.376 e. The molecule has 3 rings (SSSR count). The average Bonchev–Trinajstić information content (AvgIpc) is 2.96. The third kappa shape index (κ3) is 1.92. The molecule has 1 N–H and O–H groups in total. The van der Waals surface area contributed by atoms with E-state index in [1.165, 1.54) is 5.69 Å². The molecule has 0 radical (unpaired) electrons. The van der Waals surface area contributed by atoms with Gasteiger partial charge < -0.3 is 5.32 Å². The Hall–Kier alpha value is -1.82. The highest BCUT2D eigenvalue weighted by atomic mass is 32.1. The van der Waals surface area contributed by atoms with Crippen molar-refractivity contribution in [3.05, 3.63) is 34.4 Å². The lowest BCUT2D eigenvalue weighted by Crippen LogP contribution is -2.05. The normalized spacial score (nSPS) is 11.4. The second-order valence-corrected chi connectivity index (χ2v) is 5.60. The zero-order chi connectivity index (χ0) is 13.6. The fraction of sp³-hybridized carbons (Fsp3) is 0.385. The van der Waals surface area contributed by atoms with Gasteiger partial charge in [-0.2, -0.15) is 5.10 Å². The molecule has 0 saturated carbocycles. The maximum Gasteiger partial charge on any atom is 0.194 e.